The fourth-order valence-electron chi connectivity index (χ4n) is 3.09. The van der Waals surface area contributed by atoms with Gasteiger partial charge in [0.2, 0.25) is 0 Å². The lowest BCUT2D eigenvalue weighted by Gasteiger charge is -2.17. The number of ether oxygens (including phenoxy) is 5. The normalized spacial score (nSPS) is 12.7. The summed E-state index contributed by atoms with van der Waals surface area (Å²) in [5.41, 5.74) is 6.59. The summed E-state index contributed by atoms with van der Waals surface area (Å²) < 4.78 is 26.1. The fourth-order valence-corrected chi connectivity index (χ4v) is 3.09. The van der Waals surface area contributed by atoms with E-state index in [0.717, 1.165) is 0 Å². The largest absolute Gasteiger partial charge is 0.508 e. The highest BCUT2D eigenvalue weighted by Gasteiger charge is 2.21. The summed E-state index contributed by atoms with van der Waals surface area (Å²) in [6.45, 7) is 13.2. The molecule has 0 heterocycles. The minimum atomic E-state index is -1.03. The number of esters is 3. The molecular formula is C28H43NO9. The fraction of sp³-hybridized carbons (Fsp3) is 0.643. The second-order valence-corrected chi connectivity index (χ2v) is 10.6. The van der Waals surface area contributed by atoms with Gasteiger partial charge in [0.05, 0.1) is 6.61 Å². The molecule has 1 aromatic rings. The summed E-state index contributed by atoms with van der Waals surface area (Å²) in [6, 6.07) is 3.62. The summed E-state index contributed by atoms with van der Waals surface area (Å²) in [5, 5.41) is 0. The smallest absolute Gasteiger partial charge is 0.461 e. The van der Waals surface area contributed by atoms with Gasteiger partial charge in [0.15, 0.2) is 11.5 Å². The van der Waals surface area contributed by atoms with Gasteiger partial charge in [0.25, 0.3) is 0 Å². The van der Waals surface area contributed by atoms with Gasteiger partial charge in [-0.05, 0) is 55.2 Å². The maximum Gasteiger partial charge on any atom is 0.508 e. The van der Waals surface area contributed by atoms with Crippen LogP contribution in [-0.4, -0.2) is 49.4 Å². The molecule has 0 spiro atoms. The first kappa shape index (κ1) is 32.9. The molecule has 0 radical (unpaired) electrons. The van der Waals surface area contributed by atoms with Crippen molar-refractivity contribution in [1.82, 2.24) is 0 Å². The van der Waals surface area contributed by atoms with E-state index in [1.54, 1.807) is 13.0 Å². The van der Waals surface area contributed by atoms with Crippen LogP contribution in [-0.2, 0) is 35.0 Å². The van der Waals surface area contributed by atoms with Crippen LogP contribution in [0.2, 0.25) is 0 Å². The van der Waals surface area contributed by atoms with Crippen LogP contribution in [0.3, 0.4) is 0 Å². The third-order valence-electron chi connectivity index (χ3n) is 5.04. The third kappa shape index (κ3) is 14.0. The van der Waals surface area contributed by atoms with E-state index in [0.29, 0.717) is 17.9 Å². The van der Waals surface area contributed by atoms with Crippen molar-refractivity contribution in [1.29, 1.82) is 0 Å². The molecule has 0 bridgehead atoms. The zero-order valence-corrected chi connectivity index (χ0v) is 23.6. The van der Waals surface area contributed by atoms with Crippen LogP contribution in [0.1, 0.15) is 73.3 Å². The summed E-state index contributed by atoms with van der Waals surface area (Å²) in [4.78, 5) is 48.6. The molecule has 0 saturated heterocycles. The van der Waals surface area contributed by atoms with E-state index in [4.69, 9.17) is 29.4 Å². The Morgan fingerprint density at radius 2 is 1.37 bits per heavy atom. The maximum absolute atomic E-state index is 12.4. The second-order valence-electron chi connectivity index (χ2n) is 10.6. The van der Waals surface area contributed by atoms with E-state index in [1.807, 2.05) is 41.5 Å². The van der Waals surface area contributed by atoms with E-state index in [1.165, 1.54) is 12.1 Å². The molecule has 0 aliphatic rings. The zero-order valence-electron chi connectivity index (χ0n) is 23.6. The Morgan fingerprint density at radius 3 is 1.92 bits per heavy atom. The number of benzene rings is 1. The first-order chi connectivity index (χ1) is 17.8. The monoisotopic (exact) mass is 537 g/mol. The van der Waals surface area contributed by atoms with Gasteiger partial charge in [-0.25, -0.2) is 4.79 Å². The van der Waals surface area contributed by atoms with E-state index in [2.05, 4.69) is 0 Å². The van der Waals surface area contributed by atoms with E-state index >= 15 is 0 Å². The Morgan fingerprint density at radius 1 is 0.789 bits per heavy atom. The van der Waals surface area contributed by atoms with E-state index < -0.39 is 36.2 Å². The minimum Gasteiger partial charge on any atom is -0.461 e. The topological polar surface area (TPSA) is 140 Å². The van der Waals surface area contributed by atoms with Crippen LogP contribution in [0, 0.1) is 17.8 Å². The Hall–Kier alpha value is -3.14. The van der Waals surface area contributed by atoms with Gasteiger partial charge in [0.1, 0.15) is 18.8 Å². The molecule has 0 unspecified atom stereocenters. The van der Waals surface area contributed by atoms with Gasteiger partial charge in [-0.2, -0.15) is 0 Å². The molecule has 1 rings (SSSR count). The SMILES string of the molecule is CC(C)CCOC(=O)O[C@@H](C)COC(=O)[C@@H](N)Cc1ccc(OC(=O)CC(C)C)c(OC(=O)CC(C)C)c1. The van der Waals surface area contributed by atoms with Crippen molar-refractivity contribution in [3.8, 4) is 11.5 Å². The van der Waals surface area contributed by atoms with Crippen LogP contribution in [0.25, 0.3) is 0 Å². The third-order valence-corrected chi connectivity index (χ3v) is 5.04. The van der Waals surface area contributed by atoms with Gasteiger partial charge in [-0.15, -0.1) is 0 Å². The Labute approximate surface area is 225 Å². The Balaban J connectivity index is 2.76. The standard InChI is InChI=1S/C28H43NO9/c1-17(2)10-11-34-28(33)36-20(7)16-35-27(32)22(29)14-21-8-9-23(37-25(30)12-18(3)4)24(15-21)38-26(31)13-19(5)6/h8-9,15,17-20,22H,10-14,16,29H2,1-7H3/t20-,22-/m0/s1. The Kier molecular flexibility index (Phi) is 14.4. The Bertz CT molecular complexity index is 927. The molecule has 0 amide bonds. The predicted molar refractivity (Wildman–Crippen MR) is 141 cm³/mol. The zero-order chi connectivity index (χ0) is 28.8. The highest BCUT2D eigenvalue weighted by atomic mass is 16.7. The van der Waals surface area contributed by atoms with Crippen molar-refractivity contribution >= 4 is 24.1 Å². The summed E-state index contributed by atoms with van der Waals surface area (Å²) in [6.07, 6.45) is -0.374. The lowest BCUT2D eigenvalue weighted by molar-refractivity contribution is -0.148. The number of carbonyl (C=O) groups is 4. The molecule has 0 saturated carbocycles. The second kappa shape index (κ2) is 16.7. The lowest BCUT2D eigenvalue weighted by atomic mass is 10.1. The van der Waals surface area contributed by atoms with Crippen molar-refractivity contribution in [2.45, 2.75) is 86.3 Å². The van der Waals surface area contributed by atoms with Crippen molar-refractivity contribution in [3.05, 3.63) is 23.8 Å². The number of hydrogen-bond donors (Lipinski definition) is 1. The summed E-state index contributed by atoms with van der Waals surface area (Å²) in [7, 11) is 0. The van der Waals surface area contributed by atoms with Crippen molar-refractivity contribution in [2.75, 3.05) is 13.2 Å². The molecule has 10 heteroatoms. The van der Waals surface area contributed by atoms with Crippen molar-refractivity contribution in [2.24, 2.45) is 23.5 Å². The number of nitrogens with two attached hydrogens (primary N) is 1. The minimum absolute atomic E-state index is 0.0697. The number of rotatable bonds is 15. The highest BCUT2D eigenvalue weighted by molar-refractivity contribution is 5.77. The molecule has 214 valence electrons. The quantitative estimate of drug-likeness (QED) is 0.249. The summed E-state index contributed by atoms with van der Waals surface area (Å²) >= 11 is 0. The van der Waals surface area contributed by atoms with Crippen LogP contribution in [0.15, 0.2) is 18.2 Å². The van der Waals surface area contributed by atoms with Gasteiger partial charge in [-0.1, -0.05) is 47.6 Å². The molecule has 38 heavy (non-hydrogen) atoms. The average Bonchev–Trinajstić information content (AvgIpc) is 2.77. The van der Waals surface area contributed by atoms with E-state index in [9.17, 15) is 19.2 Å². The van der Waals surface area contributed by atoms with Crippen LogP contribution < -0.4 is 15.2 Å². The molecular weight excluding hydrogens is 494 g/mol. The molecule has 1 aromatic carbocycles. The molecule has 2 atom stereocenters. The van der Waals surface area contributed by atoms with Gasteiger partial charge in [-0.3, -0.25) is 14.4 Å². The number of hydrogen-bond acceptors (Lipinski definition) is 10. The molecule has 0 fully saturated rings. The summed E-state index contributed by atoms with van der Waals surface area (Å²) in [5.74, 6) is -0.868. The lowest BCUT2D eigenvalue weighted by Crippen LogP contribution is -2.36. The average molecular weight is 538 g/mol. The predicted octanol–water partition coefficient (Wildman–Crippen LogP) is 4.59. The maximum atomic E-state index is 12.4. The number of carbonyl (C=O) groups excluding carboxylic acids is 4. The van der Waals surface area contributed by atoms with E-state index in [-0.39, 0.29) is 55.8 Å². The molecule has 0 aromatic heterocycles. The van der Waals surface area contributed by atoms with Crippen LogP contribution in [0.5, 0.6) is 11.5 Å². The highest BCUT2D eigenvalue weighted by Crippen LogP contribution is 2.30. The van der Waals surface area contributed by atoms with Crippen LogP contribution in [0.4, 0.5) is 4.79 Å². The molecule has 10 nitrogen and oxygen atoms in total. The van der Waals surface area contributed by atoms with Gasteiger partial charge in [0, 0.05) is 12.8 Å². The molecule has 0 aliphatic heterocycles. The van der Waals surface area contributed by atoms with Crippen molar-refractivity contribution < 1.29 is 42.9 Å². The van der Waals surface area contributed by atoms with Gasteiger partial charge >= 0.3 is 24.1 Å². The first-order valence-electron chi connectivity index (χ1n) is 13.1. The first-order valence-corrected chi connectivity index (χ1v) is 13.1. The van der Waals surface area contributed by atoms with Gasteiger partial charge < -0.3 is 29.4 Å². The van der Waals surface area contributed by atoms with Crippen molar-refractivity contribution in [3.63, 3.8) is 0 Å². The molecule has 0 aliphatic carbocycles. The van der Waals surface area contributed by atoms with Crippen LogP contribution >= 0.6 is 0 Å². The molecule has 2 N–H and O–H groups in total.